The topological polar surface area (TPSA) is 135 Å². The molecule has 6 N–H and O–H groups in total. The van der Waals surface area contributed by atoms with Gasteiger partial charge < -0.3 is 11.5 Å². The summed E-state index contributed by atoms with van der Waals surface area (Å²) in [5.41, 5.74) is 16.7. The van der Waals surface area contributed by atoms with E-state index in [-0.39, 0.29) is 0 Å². The largest absolute Gasteiger partial charge is 0.350 e. The lowest BCUT2D eigenvalue weighted by Gasteiger charge is -2.07. The number of unbranched alkanes of at least 4 members (excludes halogenated alkanes) is 5. The van der Waals surface area contributed by atoms with Gasteiger partial charge in [-0.05, 0) is 38.5 Å². The average Bonchev–Trinajstić information content (AvgIpc) is 2.59. The molecule has 0 aromatic carbocycles. The second-order valence-corrected chi connectivity index (χ2v) is 6.43. The predicted octanol–water partition coefficient (Wildman–Crippen LogP) is 3.76. The first kappa shape index (κ1) is 23.9. The molecule has 8 heteroatoms. The van der Waals surface area contributed by atoms with Crippen LogP contribution in [0, 0.1) is 0 Å². The van der Waals surface area contributed by atoms with E-state index in [1.807, 2.05) is 0 Å². The van der Waals surface area contributed by atoms with Crippen molar-refractivity contribution in [2.75, 3.05) is 0 Å². The Labute approximate surface area is 157 Å². The fourth-order valence-electron chi connectivity index (χ4n) is 2.68. The van der Waals surface area contributed by atoms with E-state index >= 15 is 0 Å². The number of amides is 4. The van der Waals surface area contributed by atoms with Crippen LogP contribution < -0.4 is 22.3 Å². The summed E-state index contributed by atoms with van der Waals surface area (Å²) >= 11 is 0. The maximum atomic E-state index is 10.7. The van der Waals surface area contributed by atoms with Crippen LogP contribution in [0.3, 0.4) is 0 Å². The Bertz CT molecular complexity index is 421. The van der Waals surface area contributed by atoms with Crippen molar-refractivity contribution in [2.45, 2.75) is 90.9 Å². The molecule has 4 amide bonds. The molecule has 0 aliphatic heterocycles. The molecule has 0 unspecified atom stereocenters. The highest BCUT2D eigenvalue weighted by molar-refractivity contribution is 5.86. The molecule has 0 fully saturated rings. The molecule has 0 heterocycles. The third kappa shape index (κ3) is 15.4. The van der Waals surface area contributed by atoms with Crippen molar-refractivity contribution in [3.63, 3.8) is 0 Å². The van der Waals surface area contributed by atoms with Crippen LogP contribution in [0.1, 0.15) is 90.9 Å². The summed E-state index contributed by atoms with van der Waals surface area (Å²) in [4.78, 5) is 21.4. The molecule has 0 aromatic rings. The zero-order valence-corrected chi connectivity index (χ0v) is 16.4. The van der Waals surface area contributed by atoms with Gasteiger partial charge >= 0.3 is 12.1 Å². The second-order valence-electron chi connectivity index (χ2n) is 6.43. The van der Waals surface area contributed by atoms with E-state index < -0.39 is 12.1 Å². The number of primary amides is 2. The highest BCUT2D eigenvalue weighted by Crippen LogP contribution is 2.12. The zero-order valence-electron chi connectivity index (χ0n) is 16.4. The molecule has 0 spiro atoms. The summed E-state index contributed by atoms with van der Waals surface area (Å²) in [6, 6.07) is -1.23. The van der Waals surface area contributed by atoms with E-state index in [1.165, 1.54) is 12.8 Å². The molecule has 150 valence electrons. The number of hydrogen-bond donors (Lipinski definition) is 4. The molecule has 0 aliphatic rings. The van der Waals surface area contributed by atoms with Gasteiger partial charge in [-0.15, -0.1) is 0 Å². The van der Waals surface area contributed by atoms with Crippen LogP contribution in [-0.4, -0.2) is 23.5 Å². The molecule has 0 aliphatic carbocycles. The maximum absolute atomic E-state index is 10.7. The van der Waals surface area contributed by atoms with Crippen molar-refractivity contribution in [2.24, 2.45) is 21.7 Å². The summed E-state index contributed by atoms with van der Waals surface area (Å²) in [5, 5.41) is 8.13. The lowest BCUT2D eigenvalue weighted by molar-refractivity contribution is 0.248. The number of carbonyl (C=O) groups is 2. The van der Waals surface area contributed by atoms with E-state index in [2.05, 4.69) is 34.9 Å². The number of nitrogens with two attached hydrogens (primary N) is 2. The third-order valence-corrected chi connectivity index (χ3v) is 3.91. The molecule has 26 heavy (non-hydrogen) atoms. The quantitative estimate of drug-likeness (QED) is 0.199. The third-order valence-electron chi connectivity index (χ3n) is 3.91. The van der Waals surface area contributed by atoms with Crippen LogP contribution in [0.15, 0.2) is 10.2 Å². The average molecular weight is 369 g/mol. The van der Waals surface area contributed by atoms with Crippen LogP contribution in [0.25, 0.3) is 0 Å². The highest BCUT2D eigenvalue weighted by Gasteiger charge is 2.02. The van der Waals surface area contributed by atoms with Crippen molar-refractivity contribution in [1.29, 1.82) is 0 Å². The van der Waals surface area contributed by atoms with E-state index in [9.17, 15) is 9.59 Å². The number of carbonyl (C=O) groups excluding carboxylic acids is 2. The molecule has 0 rings (SSSR count). The fraction of sp³-hybridized carbons (Fsp3) is 0.778. The highest BCUT2D eigenvalue weighted by atomic mass is 16.2. The summed E-state index contributed by atoms with van der Waals surface area (Å²) in [7, 11) is 0. The number of nitrogens with one attached hydrogen (secondary N) is 2. The van der Waals surface area contributed by atoms with Gasteiger partial charge in [-0.3, -0.25) is 0 Å². The molecule has 0 saturated heterocycles. The van der Waals surface area contributed by atoms with Crippen LogP contribution >= 0.6 is 0 Å². The van der Waals surface area contributed by atoms with Gasteiger partial charge in [-0.25, -0.2) is 20.4 Å². The SMILES string of the molecule is CCCC(CCCCCCCCC(CCC)=NNC(N)=O)=NNC(N)=O. The Morgan fingerprint density at radius 2 is 1.00 bits per heavy atom. The van der Waals surface area contributed by atoms with E-state index in [0.717, 1.165) is 75.6 Å². The standard InChI is InChI=1S/C18H36N6O2/c1-3-11-15(21-23-17(19)25)13-9-7-5-6-8-10-14-16(12-4-2)22-24-18(20)26/h3-14H2,1-2H3,(H3,19,23,25)(H3,20,24,26). The number of rotatable bonds is 15. The number of hydrazone groups is 2. The first-order valence-electron chi connectivity index (χ1n) is 9.71. The van der Waals surface area contributed by atoms with Crippen molar-refractivity contribution >= 4 is 23.5 Å². The molecular formula is C18H36N6O2. The van der Waals surface area contributed by atoms with Gasteiger partial charge in [0.05, 0.1) is 0 Å². The van der Waals surface area contributed by atoms with Gasteiger partial charge in [0.25, 0.3) is 0 Å². The molecule has 0 saturated carbocycles. The lowest BCUT2D eigenvalue weighted by Crippen LogP contribution is -2.25. The van der Waals surface area contributed by atoms with Gasteiger partial charge in [-0.1, -0.05) is 52.4 Å². The molecule has 0 atom stereocenters. The lowest BCUT2D eigenvalue weighted by atomic mass is 10.0. The molecular weight excluding hydrogens is 332 g/mol. The number of urea groups is 2. The molecule has 0 bridgehead atoms. The Morgan fingerprint density at radius 3 is 1.31 bits per heavy atom. The maximum Gasteiger partial charge on any atom is 0.332 e. The van der Waals surface area contributed by atoms with E-state index in [0.29, 0.717) is 0 Å². The van der Waals surface area contributed by atoms with Crippen molar-refractivity contribution in [3.8, 4) is 0 Å². The minimum atomic E-state index is -0.615. The van der Waals surface area contributed by atoms with Crippen molar-refractivity contribution in [3.05, 3.63) is 0 Å². The Balaban J connectivity index is 3.84. The second kappa shape index (κ2) is 16.4. The molecule has 0 aromatic heterocycles. The zero-order chi connectivity index (χ0) is 19.6. The van der Waals surface area contributed by atoms with Gasteiger partial charge in [0, 0.05) is 11.4 Å². The first-order valence-corrected chi connectivity index (χ1v) is 9.71. The minimum absolute atomic E-state index is 0.615. The predicted molar refractivity (Wildman–Crippen MR) is 107 cm³/mol. The Hall–Kier alpha value is -2.12. The van der Waals surface area contributed by atoms with Gasteiger partial charge in [0.1, 0.15) is 0 Å². The van der Waals surface area contributed by atoms with Crippen molar-refractivity contribution < 1.29 is 9.59 Å². The van der Waals surface area contributed by atoms with Crippen LogP contribution in [0.2, 0.25) is 0 Å². The Kier molecular flexibility index (Phi) is 15.0. The van der Waals surface area contributed by atoms with Crippen LogP contribution in [0.4, 0.5) is 9.59 Å². The van der Waals surface area contributed by atoms with E-state index in [1.54, 1.807) is 0 Å². The smallest absolute Gasteiger partial charge is 0.332 e. The van der Waals surface area contributed by atoms with E-state index in [4.69, 9.17) is 11.5 Å². The summed E-state index contributed by atoms with van der Waals surface area (Å²) in [6.07, 6.45) is 12.4. The number of nitrogens with zero attached hydrogens (tertiary/aromatic N) is 2. The number of hydrogen-bond acceptors (Lipinski definition) is 4. The fourth-order valence-corrected chi connectivity index (χ4v) is 2.68. The molecule has 0 radical (unpaired) electrons. The van der Waals surface area contributed by atoms with Crippen LogP contribution in [0.5, 0.6) is 0 Å². The van der Waals surface area contributed by atoms with Gasteiger partial charge in [0.15, 0.2) is 0 Å². The monoisotopic (exact) mass is 368 g/mol. The normalized spacial score (nSPS) is 12.1. The minimum Gasteiger partial charge on any atom is -0.350 e. The summed E-state index contributed by atoms with van der Waals surface area (Å²) in [6.45, 7) is 4.18. The summed E-state index contributed by atoms with van der Waals surface area (Å²) in [5.74, 6) is 0. The summed E-state index contributed by atoms with van der Waals surface area (Å²) < 4.78 is 0. The van der Waals surface area contributed by atoms with Crippen LogP contribution in [-0.2, 0) is 0 Å². The molecule has 8 nitrogen and oxygen atoms in total. The van der Waals surface area contributed by atoms with Crippen molar-refractivity contribution in [1.82, 2.24) is 10.9 Å². The van der Waals surface area contributed by atoms with Gasteiger partial charge in [0.2, 0.25) is 0 Å². The Morgan fingerprint density at radius 1 is 0.654 bits per heavy atom. The first-order chi connectivity index (χ1) is 12.5. The van der Waals surface area contributed by atoms with Gasteiger partial charge in [-0.2, -0.15) is 10.2 Å².